The fourth-order valence-electron chi connectivity index (χ4n) is 1.13. The van der Waals surface area contributed by atoms with Crippen LogP contribution >= 0.6 is 7.60 Å². The molecule has 0 aromatic heterocycles. The first-order valence-electron chi connectivity index (χ1n) is 5.96. The lowest BCUT2D eigenvalue weighted by molar-refractivity contribution is -0.137. The summed E-state index contributed by atoms with van der Waals surface area (Å²) in [4.78, 5) is 11.0. The van der Waals surface area contributed by atoms with Gasteiger partial charge in [-0.05, 0) is 20.8 Å². The normalized spacial score (nSPS) is 12.4. The molecular formula is C12H21O5P. The molecule has 0 saturated heterocycles. The fraction of sp³-hybridized carbons (Fsp3) is 0.583. The van der Waals surface area contributed by atoms with E-state index in [0.717, 1.165) is 0 Å². The van der Waals surface area contributed by atoms with E-state index in [2.05, 4.69) is 0 Å². The molecule has 5 nitrogen and oxygen atoms in total. The van der Waals surface area contributed by atoms with Crippen molar-refractivity contribution in [1.29, 1.82) is 0 Å². The van der Waals surface area contributed by atoms with E-state index in [1.54, 1.807) is 32.9 Å². The third-order valence-corrected chi connectivity index (χ3v) is 3.71. The summed E-state index contributed by atoms with van der Waals surface area (Å²) >= 11 is 0. The number of carbonyl (C=O) groups excluding carboxylic acids is 1. The summed E-state index contributed by atoms with van der Waals surface area (Å²) < 4.78 is 26.9. The molecular weight excluding hydrogens is 255 g/mol. The smallest absolute Gasteiger partial charge is 0.334 e. The van der Waals surface area contributed by atoms with E-state index in [-0.39, 0.29) is 6.16 Å². The summed E-state index contributed by atoms with van der Waals surface area (Å²) in [5.41, 5.74) is 0. The molecule has 0 amide bonds. The van der Waals surface area contributed by atoms with Crippen LogP contribution in [-0.2, 0) is 23.1 Å². The Morgan fingerprint density at radius 1 is 1.06 bits per heavy atom. The second kappa shape index (κ2) is 10.1. The van der Waals surface area contributed by atoms with E-state index in [0.29, 0.717) is 19.8 Å². The molecule has 0 rings (SSSR count). The first kappa shape index (κ1) is 17.1. The first-order valence-corrected chi connectivity index (χ1v) is 7.68. The lowest BCUT2D eigenvalue weighted by Gasteiger charge is -2.14. The highest BCUT2D eigenvalue weighted by molar-refractivity contribution is 7.54. The molecule has 0 aliphatic carbocycles. The first-order chi connectivity index (χ1) is 8.58. The van der Waals surface area contributed by atoms with Crippen molar-refractivity contribution in [2.45, 2.75) is 20.8 Å². The summed E-state index contributed by atoms with van der Waals surface area (Å²) in [5, 5.41) is 0. The summed E-state index contributed by atoms with van der Waals surface area (Å²) in [6.45, 7) is 6.28. The maximum absolute atomic E-state index is 12.0. The molecule has 0 spiro atoms. The quantitative estimate of drug-likeness (QED) is 0.280. The van der Waals surface area contributed by atoms with Gasteiger partial charge in [-0.25, -0.2) is 4.79 Å². The number of rotatable bonds is 9. The van der Waals surface area contributed by atoms with E-state index in [1.165, 1.54) is 12.2 Å². The minimum absolute atomic E-state index is 0.182. The van der Waals surface area contributed by atoms with Crippen LogP contribution in [0.25, 0.3) is 0 Å². The maximum atomic E-state index is 12.0. The van der Waals surface area contributed by atoms with Gasteiger partial charge in [0, 0.05) is 6.08 Å². The van der Waals surface area contributed by atoms with Gasteiger partial charge in [0.25, 0.3) is 0 Å². The Morgan fingerprint density at radius 3 is 2.17 bits per heavy atom. The molecule has 0 aliphatic rings. The van der Waals surface area contributed by atoms with Crippen LogP contribution in [0.2, 0.25) is 0 Å². The largest absolute Gasteiger partial charge is 0.463 e. The van der Waals surface area contributed by atoms with Crippen molar-refractivity contribution in [2.24, 2.45) is 0 Å². The number of carbonyl (C=O) groups is 1. The number of esters is 1. The van der Waals surface area contributed by atoms with Gasteiger partial charge in [-0.15, -0.1) is 0 Å². The van der Waals surface area contributed by atoms with Crippen molar-refractivity contribution in [3.05, 3.63) is 24.3 Å². The highest BCUT2D eigenvalue weighted by Crippen LogP contribution is 2.47. The lowest BCUT2D eigenvalue weighted by Crippen LogP contribution is -1.99. The Labute approximate surface area is 108 Å². The minimum atomic E-state index is -3.03. The standard InChI is InChI=1S/C12H21O5P/c1-4-15-12(13)10-8-7-9-11-18(14,16-5-2)17-6-3/h7-10H,4-6,11H2,1-3H3/b9-7+,10-8+. The van der Waals surface area contributed by atoms with Gasteiger partial charge in [-0.3, -0.25) is 4.57 Å². The average Bonchev–Trinajstić information content (AvgIpc) is 2.29. The third kappa shape index (κ3) is 8.23. The van der Waals surface area contributed by atoms with E-state index in [1.807, 2.05) is 0 Å². The van der Waals surface area contributed by atoms with E-state index >= 15 is 0 Å². The van der Waals surface area contributed by atoms with Crippen molar-refractivity contribution < 1.29 is 23.1 Å². The maximum Gasteiger partial charge on any atom is 0.334 e. The van der Waals surface area contributed by atoms with Gasteiger partial charge in [-0.2, -0.15) is 0 Å². The zero-order chi connectivity index (χ0) is 13.9. The third-order valence-electron chi connectivity index (χ3n) is 1.75. The number of hydrogen-bond acceptors (Lipinski definition) is 5. The van der Waals surface area contributed by atoms with Crippen molar-refractivity contribution in [2.75, 3.05) is 26.0 Å². The zero-order valence-corrected chi connectivity index (χ0v) is 12.0. The van der Waals surface area contributed by atoms with Crippen LogP contribution in [0.15, 0.2) is 24.3 Å². The van der Waals surface area contributed by atoms with E-state index in [9.17, 15) is 9.36 Å². The Balaban J connectivity index is 4.19. The van der Waals surface area contributed by atoms with Crippen LogP contribution < -0.4 is 0 Å². The SMILES string of the molecule is CCOC(=O)/C=C/C=C/CP(=O)(OCC)OCC. The predicted octanol–water partition coefficient (Wildman–Crippen LogP) is 2.93. The molecule has 0 aromatic rings. The molecule has 0 N–H and O–H groups in total. The molecule has 0 fully saturated rings. The summed E-state index contributed by atoms with van der Waals surface area (Å²) in [7, 11) is -3.03. The van der Waals surface area contributed by atoms with Gasteiger partial charge >= 0.3 is 13.6 Å². The molecule has 0 aliphatic heterocycles. The van der Waals surface area contributed by atoms with Gasteiger partial charge in [0.2, 0.25) is 0 Å². The monoisotopic (exact) mass is 276 g/mol. The number of ether oxygens (including phenoxy) is 1. The fourth-order valence-corrected chi connectivity index (χ4v) is 2.58. The van der Waals surface area contributed by atoms with Crippen LogP contribution in [0, 0.1) is 0 Å². The minimum Gasteiger partial charge on any atom is -0.463 e. The molecule has 0 unspecified atom stereocenters. The Bertz CT molecular complexity index is 325. The van der Waals surface area contributed by atoms with Crippen LogP contribution in [0.3, 0.4) is 0 Å². The van der Waals surface area contributed by atoms with Crippen molar-refractivity contribution in [3.8, 4) is 0 Å². The second-order valence-corrected chi connectivity index (χ2v) is 5.27. The molecule has 0 aromatic carbocycles. The Kier molecular flexibility index (Phi) is 9.56. The van der Waals surface area contributed by atoms with Crippen molar-refractivity contribution >= 4 is 13.6 Å². The number of hydrogen-bond donors (Lipinski definition) is 0. The van der Waals surface area contributed by atoms with E-state index < -0.39 is 13.6 Å². The molecule has 18 heavy (non-hydrogen) atoms. The topological polar surface area (TPSA) is 61.8 Å². The second-order valence-electron chi connectivity index (χ2n) is 3.17. The van der Waals surface area contributed by atoms with Gasteiger partial charge < -0.3 is 13.8 Å². The van der Waals surface area contributed by atoms with Crippen molar-refractivity contribution in [1.82, 2.24) is 0 Å². The predicted molar refractivity (Wildman–Crippen MR) is 70.6 cm³/mol. The molecule has 0 heterocycles. The van der Waals surface area contributed by atoms with Gasteiger partial charge in [0.1, 0.15) is 0 Å². The number of allylic oxidation sites excluding steroid dienone is 3. The van der Waals surface area contributed by atoms with Gasteiger partial charge in [0.05, 0.1) is 26.0 Å². The van der Waals surface area contributed by atoms with Gasteiger partial charge in [0.15, 0.2) is 0 Å². The molecule has 0 radical (unpaired) electrons. The summed E-state index contributed by atoms with van der Waals surface area (Å²) in [6, 6.07) is 0. The van der Waals surface area contributed by atoms with E-state index in [4.69, 9.17) is 13.8 Å². The lowest BCUT2D eigenvalue weighted by atomic mass is 10.4. The van der Waals surface area contributed by atoms with Gasteiger partial charge in [-0.1, -0.05) is 18.2 Å². The van der Waals surface area contributed by atoms with Crippen LogP contribution in [-0.4, -0.2) is 32.0 Å². The highest BCUT2D eigenvalue weighted by atomic mass is 31.2. The van der Waals surface area contributed by atoms with Crippen LogP contribution in [0.5, 0.6) is 0 Å². The summed E-state index contributed by atoms with van der Waals surface area (Å²) in [6.07, 6.45) is 6.26. The van der Waals surface area contributed by atoms with Crippen LogP contribution in [0.1, 0.15) is 20.8 Å². The molecule has 0 atom stereocenters. The molecule has 0 saturated carbocycles. The highest BCUT2D eigenvalue weighted by Gasteiger charge is 2.20. The molecule has 104 valence electrons. The average molecular weight is 276 g/mol. The zero-order valence-electron chi connectivity index (χ0n) is 11.1. The summed E-state index contributed by atoms with van der Waals surface area (Å²) in [5.74, 6) is -0.403. The Morgan fingerprint density at radius 2 is 1.67 bits per heavy atom. The van der Waals surface area contributed by atoms with Crippen LogP contribution in [0.4, 0.5) is 0 Å². The molecule has 6 heteroatoms. The van der Waals surface area contributed by atoms with Crippen molar-refractivity contribution in [3.63, 3.8) is 0 Å². The molecule has 0 bridgehead atoms. The Hall–Kier alpha value is -0.900.